The molecule has 0 aliphatic rings. The van der Waals surface area contributed by atoms with Crippen LogP contribution in [0.15, 0.2) is 71.8 Å². The topological polar surface area (TPSA) is 106 Å². The van der Waals surface area contributed by atoms with Gasteiger partial charge in [0.1, 0.15) is 10.6 Å². The fourth-order valence-electron chi connectivity index (χ4n) is 4.68. The number of hydrogen-bond acceptors (Lipinski definition) is 5. The molecule has 1 atom stereocenters. The van der Waals surface area contributed by atoms with Gasteiger partial charge >= 0.3 is 6.18 Å². The van der Waals surface area contributed by atoms with E-state index in [1.54, 1.807) is 30.3 Å². The SMILES string of the molecule is COc1cc(C(=O)NS(=O)(=O)c2ccccc2Cl)ccc1Cn1cc(C)c2ccc(C(=O)NC[C@@H](C)CC(F)(F)F)cc21. The van der Waals surface area contributed by atoms with Crippen molar-refractivity contribution >= 4 is 44.3 Å². The van der Waals surface area contributed by atoms with Crippen LogP contribution in [0.4, 0.5) is 13.2 Å². The van der Waals surface area contributed by atoms with E-state index in [9.17, 15) is 31.2 Å². The van der Waals surface area contributed by atoms with Crippen LogP contribution >= 0.6 is 11.6 Å². The summed E-state index contributed by atoms with van der Waals surface area (Å²) >= 11 is 5.99. The van der Waals surface area contributed by atoms with E-state index in [4.69, 9.17) is 16.3 Å². The molecular weight excluding hydrogens is 607 g/mol. The number of sulfonamides is 1. The number of alkyl halides is 3. The van der Waals surface area contributed by atoms with Crippen LogP contribution in [-0.4, -0.2) is 44.6 Å². The number of benzene rings is 3. The number of hydrogen-bond donors (Lipinski definition) is 2. The Morgan fingerprint density at radius 3 is 2.37 bits per heavy atom. The Bertz CT molecular complexity index is 1790. The number of methoxy groups -OCH3 is 1. The highest BCUT2D eigenvalue weighted by molar-refractivity contribution is 7.90. The molecule has 0 saturated carbocycles. The molecular formula is C30H29ClF3N3O5S. The van der Waals surface area contributed by atoms with Crippen molar-refractivity contribution in [2.45, 2.75) is 37.9 Å². The largest absolute Gasteiger partial charge is 0.496 e. The Kier molecular flexibility index (Phi) is 9.41. The van der Waals surface area contributed by atoms with Crippen molar-refractivity contribution in [1.82, 2.24) is 14.6 Å². The molecule has 3 aromatic carbocycles. The van der Waals surface area contributed by atoms with Crippen LogP contribution in [0.3, 0.4) is 0 Å². The molecule has 0 unspecified atom stereocenters. The summed E-state index contributed by atoms with van der Waals surface area (Å²) in [6.45, 7) is 3.49. The van der Waals surface area contributed by atoms with Crippen molar-refractivity contribution in [1.29, 1.82) is 0 Å². The van der Waals surface area contributed by atoms with E-state index in [0.29, 0.717) is 22.4 Å². The van der Waals surface area contributed by atoms with Crippen molar-refractivity contribution in [3.05, 3.63) is 94.1 Å². The zero-order valence-electron chi connectivity index (χ0n) is 23.5. The average Bonchev–Trinajstić information content (AvgIpc) is 3.24. The van der Waals surface area contributed by atoms with Gasteiger partial charge in [-0.25, -0.2) is 13.1 Å². The van der Waals surface area contributed by atoms with Crippen LogP contribution in [0, 0.1) is 12.8 Å². The zero-order valence-corrected chi connectivity index (χ0v) is 25.0. The minimum absolute atomic E-state index is 0.0263. The number of amides is 2. The Hall–Kier alpha value is -4.03. The van der Waals surface area contributed by atoms with Crippen molar-refractivity contribution in [3.8, 4) is 5.75 Å². The number of nitrogens with one attached hydrogen (secondary N) is 2. The average molecular weight is 636 g/mol. The van der Waals surface area contributed by atoms with Crippen LogP contribution < -0.4 is 14.8 Å². The van der Waals surface area contributed by atoms with Gasteiger partial charge in [0.05, 0.1) is 18.7 Å². The third kappa shape index (κ3) is 7.68. The van der Waals surface area contributed by atoms with E-state index in [-0.39, 0.29) is 28.6 Å². The molecule has 1 heterocycles. The van der Waals surface area contributed by atoms with Crippen LogP contribution in [0.1, 0.15) is 45.2 Å². The van der Waals surface area contributed by atoms with Gasteiger partial charge in [-0.15, -0.1) is 0 Å². The Labute approximate surface area is 251 Å². The Morgan fingerprint density at radius 2 is 1.70 bits per heavy atom. The second-order valence-corrected chi connectivity index (χ2v) is 12.3. The Balaban J connectivity index is 1.54. The second kappa shape index (κ2) is 12.7. The number of carbonyl (C=O) groups is 2. The van der Waals surface area contributed by atoms with E-state index < -0.39 is 40.4 Å². The van der Waals surface area contributed by atoms with Crippen LogP contribution in [-0.2, 0) is 16.6 Å². The predicted octanol–water partition coefficient (Wildman–Crippen LogP) is 6.10. The molecule has 0 bridgehead atoms. The number of carbonyl (C=O) groups excluding carboxylic acids is 2. The summed E-state index contributed by atoms with van der Waals surface area (Å²) in [6, 6.07) is 15.3. The summed E-state index contributed by atoms with van der Waals surface area (Å²) in [5.41, 5.74) is 2.65. The highest BCUT2D eigenvalue weighted by Gasteiger charge is 2.30. The highest BCUT2D eigenvalue weighted by Crippen LogP contribution is 2.28. The molecule has 4 rings (SSSR count). The third-order valence-electron chi connectivity index (χ3n) is 6.78. The minimum Gasteiger partial charge on any atom is -0.496 e. The van der Waals surface area contributed by atoms with Gasteiger partial charge < -0.3 is 14.6 Å². The van der Waals surface area contributed by atoms with Crippen LogP contribution in [0.2, 0.25) is 5.02 Å². The summed E-state index contributed by atoms with van der Waals surface area (Å²) in [5, 5.41) is 3.42. The molecule has 0 saturated heterocycles. The molecule has 0 spiro atoms. The molecule has 2 N–H and O–H groups in total. The molecule has 0 aliphatic heterocycles. The number of halogens is 4. The van der Waals surface area contributed by atoms with Gasteiger partial charge in [0.15, 0.2) is 0 Å². The first-order valence-corrected chi connectivity index (χ1v) is 15.0. The van der Waals surface area contributed by atoms with E-state index >= 15 is 0 Å². The molecule has 4 aromatic rings. The van der Waals surface area contributed by atoms with Gasteiger partial charge in [0.2, 0.25) is 0 Å². The normalized spacial score (nSPS) is 12.6. The monoisotopic (exact) mass is 635 g/mol. The van der Waals surface area contributed by atoms with Gasteiger partial charge in [0, 0.05) is 46.8 Å². The second-order valence-electron chi connectivity index (χ2n) is 10.2. The van der Waals surface area contributed by atoms with Crippen molar-refractivity contribution < 1.29 is 35.9 Å². The van der Waals surface area contributed by atoms with Gasteiger partial charge in [-0.1, -0.05) is 42.8 Å². The number of aromatic nitrogens is 1. The number of fused-ring (bicyclic) bond motifs is 1. The number of rotatable bonds is 10. The van der Waals surface area contributed by atoms with Crippen molar-refractivity contribution in [2.24, 2.45) is 5.92 Å². The Morgan fingerprint density at radius 1 is 1.02 bits per heavy atom. The van der Waals surface area contributed by atoms with Gasteiger partial charge in [-0.05, 0) is 54.8 Å². The first-order chi connectivity index (χ1) is 20.2. The number of aryl methyl sites for hydroxylation is 1. The lowest BCUT2D eigenvalue weighted by atomic mass is 10.1. The smallest absolute Gasteiger partial charge is 0.389 e. The molecule has 0 aliphatic carbocycles. The van der Waals surface area contributed by atoms with E-state index in [1.165, 1.54) is 44.4 Å². The first-order valence-electron chi connectivity index (χ1n) is 13.1. The van der Waals surface area contributed by atoms with Crippen molar-refractivity contribution in [2.75, 3.05) is 13.7 Å². The molecule has 1 aromatic heterocycles. The molecule has 13 heteroatoms. The number of nitrogens with zero attached hydrogens (tertiary/aromatic N) is 1. The maximum atomic E-state index is 12.8. The third-order valence-corrected chi connectivity index (χ3v) is 8.61. The number of ether oxygens (including phenoxy) is 1. The van der Waals surface area contributed by atoms with Gasteiger partial charge in [-0.2, -0.15) is 13.2 Å². The summed E-state index contributed by atoms with van der Waals surface area (Å²) in [6.07, 6.45) is -3.42. The molecule has 43 heavy (non-hydrogen) atoms. The summed E-state index contributed by atoms with van der Waals surface area (Å²) < 4.78 is 72.7. The molecule has 8 nitrogen and oxygen atoms in total. The summed E-state index contributed by atoms with van der Waals surface area (Å²) in [5.74, 6) is -1.80. The lowest BCUT2D eigenvalue weighted by Crippen LogP contribution is -2.30. The lowest BCUT2D eigenvalue weighted by molar-refractivity contribution is -0.142. The molecule has 0 radical (unpaired) electrons. The fraction of sp³-hybridized carbons (Fsp3) is 0.267. The first kappa shape index (κ1) is 31.9. The fourth-order valence-corrected chi connectivity index (χ4v) is 6.18. The molecule has 2 amide bonds. The molecule has 228 valence electrons. The predicted molar refractivity (Wildman–Crippen MR) is 157 cm³/mol. The summed E-state index contributed by atoms with van der Waals surface area (Å²) in [7, 11) is -2.81. The minimum atomic E-state index is -4.31. The van der Waals surface area contributed by atoms with Crippen LogP contribution in [0.5, 0.6) is 5.75 Å². The van der Waals surface area contributed by atoms with Gasteiger partial charge in [0.25, 0.3) is 21.8 Å². The highest BCUT2D eigenvalue weighted by atomic mass is 35.5. The maximum absolute atomic E-state index is 12.8. The summed E-state index contributed by atoms with van der Waals surface area (Å²) in [4.78, 5) is 25.3. The van der Waals surface area contributed by atoms with Gasteiger partial charge in [-0.3, -0.25) is 9.59 Å². The standard InChI is InChI=1S/C30H29ClF3N3O5S/c1-18(14-30(32,33)34)15-35-28(38)20-10-11-23-19(2)16-37(25(23)12-20)17-22-9-8-21(13-26(22)42-3)29(39)36-43(40,41)27-7-5-4-6-24(27)31/h4-13,16,18H,14-15,17H2,1-3H3,(H,35,38)(H,36,39)/t18-/m0/s1. The lowest BCUT2D eigenvalue weighted by Gasteiger charge is -2.15. The molecule has 0 fully saturated rings. The maximum Gasteiger partial charge on any atom is 0.389 e. The zero-order chi connectivity index (χ0) is 31.5. The quantitative estimate of drug-likeness (QED) is 0.219. The van der Waals surface area contributed by atoms with E-state index in [2.05, 4.69) is 5.32 Å². The van der Waals surface area contributed by atoms with Crippen LogP contribution in [0.25, 0.3) is 10.9 Å². The van der Waals surface area contributed by atoms with E-state index in [0.717, 1.165) is 10.9 Å². The van der Waals surface area contributed by atoms with Crippen molar-refractivity contribution in [3.63, 3.8) is 0 Å². The van der Waals surface area contributed by atoms with E-state index in [1.807, 2.05) is 22.4 Å².